The molecule has 0 amide bonds. The summed E-state index contributed by atoms with van der Waals surface area (Å²) in [6.45, 7) is 8.20. The summed E-state index contributed by atoms with van der Waals surface area (Å²) in [5.74, 6) is 0.565. The van der Waals surface area contributed by atoms with Gasteiger partial charge in [-0.25, -0.2) is 0 Å². The summed E-state index contributed by atoms with van der Waals surface area (Å²) in [4.78, 5) is 12.4. The molecule has 3 heteroatoms. The van der Waals surface area contributed by atoms with Crippen molar-refractivity contribution in [2.45, 2.75) is 39.2 Å². The monoisotopic (exact) mass is 297 g/mol. The van der Waals surface area contributed by atoms with E-state index in [9.17, 15) is 4.79 Å². The van der Waals surface area contributed by atoms with Crippen LogP contribution in [0.15, 0.2) is 48.5 Å². The lowest BCUT2D eigenvalue weighted by atomic mass is 9.86. The molecule has 116 valence electrons. The second-order valence-corrected chi connectivity index (χ2v) is 6.52. The summed E-state index contributed by atoms with van der Waals surface area (Å²) >= 11 is 0. The maximum absolute atomic E-state index is 12.4. The minimum atomic E-state index is -0.553. The molecule has 2 N–H and O–H groups in total. The largest absolute Gasteiger partial charge is 0.482 e. The smallest absolute Gasteiger partial charge is 0.202 e. The molecule has 0 aromatic heterocycles. The molecule has 0 heterocycles. The van der Waals surface area contributed by atoms with E-state index >= 15 is 0 Å². The summed E-state index contributed by atoms with van der Waals surface area (Å²) in [7, 11) is 0. The van der Waals surface area contributed by atoms with Gasteiger partial charge in [-0.1, -0.05) is 51.1 Å². The molecule has 3 nitrogen and oxygen atoms in total. The highest BCUT2D eigenvalue weighted by atomic mass is 16.5. The molecular formula is C19H23NO2. The van der Waals surface area contributed by atoms with Crippen molar-refractivity contribution in [1.82, 2.24) is 0 Å². The molecule has 0 saturated heterocycles. The maximum Gasteiger partial charge on any atom is 0.202 e. The Morgan fingerprint density at radius 3 is 2.27 bits per heavy atom. The fourth-order valence-electron chi connectivity index (χ4n) is 2.21. The van der Waals surface area contributed by atoms with Crippen LogP contribution in [0.25, 0.3) is 0 Å². The lowest BCUT2D eigenvalue weighted by molar-refractivity contribution is 0.0818. The summed E-state index contributed by atoms with van der Waals surface area (Å²) in [6.07, 6.45) is -0.553. The zero-order valence-electron chi connectivity index (χ0n) is 13.6. The molecule has 0 radical (unpaired) electrons. The molecule has 0 aliphatic heterocycles. The van der Waals surface area contributed by atoms with Gasteiger partial charge < -0.3 is 10.5 Å². The summed E-state index contributed by atoms with van der Waals surface area (Å²) < 4.78 is 5.68. The number of ether oxygens (including phenoxy) is 1. The summed E-state index contributed by atoms with van der Waals surface area (Å²) in [5, 5.41) is 0. The van der Waals surface area contributed by atoms with E-state index in [1.54, 1.807) is 31.2 Å². The molecule has 2 aromatic rings. The van der Waals surface area contributed by atoms with E-state index in [2.05, 4.69) is 20.8 Å². The average Bonchev–Trinajstić information content (AvgIpc) is 2.45. The highest BCUT2D eigenvalue weighted by Crippen LogP contribution is 2.23. The van der Waals surface area contributed by atoms with Gasteiger partial charge in [-0.15, -0.1) is 0 Å². The van der Waals surface area contributed by atoms with E-state index in [0.29, 0.717) is 17.0 Å². The molecular weight excluding hydrogens is 274 g/mol. The number of nitrogen functional groups attached to an aromatic ring is 1. The first-order chi connectivity index (χ1) is 10.3. The topological polar surface area (TPSA) is 52.3 Å². The highest BCUT2D eigenvalue weighted by Gasteiger charge is 2.19. The minimum Gasteiger partial charge on any atom is -0.482 e. The third-order valence-corrected chi connectivity index (χ3v) is 3.58. The van der Waals surface area contributed by atoms with Gasteiger partial charge in [0.2, 0.25) is 5.78 Å². The summed E-state index contributed by atoms with van der Waals surface area (Å²) in [6, 6.07) is 14.8. The Kier molecular flexibility index (Phi) is 4.55. The van der Waals surface area contributed by atoms with Gasteiger partial charge in [-0.05, 0) is 30.0 Å². The molecule has 0 saturated carbocycles. The van der Waals surface area contributed by atoms with Crippen molar-refractivity contribution in [2.24, 2.45) is 0 Å². The van der Waals surface area contributed by atoms with Crippen molar-refractivity contribution in [1.29, 1.82) is 0 Å². The van der Waals surface area contributed by atoms with Crippen molar-refractivity contribution in [3.8, 4) is 5.75 Å². The van der Waals surface area contributed by atoms with Crippen LogP contribution in [0.2, 0.25) is 0 Å². The number of Topliss-reactive ketones (excluding diaryl/α,β-unsaturated/α-hetero) is 1. The van der Waals surface area contributed by atoms with E-state index in [4.69, 9.17) is 10.5 Å². The third-order valence-electron chi connectivity index (χ3n) is 3.58. The van der Waals surface area contributed by atoms with Crippen LogP contribution >= 0.6 is 0 Å². The Balaban J connectivity index is 2.10. The van der Waals surface area contributed by atoms with Gasteiger partial charge in [0.1, 0.15) is 5.75 Å². The lowest BCUT2D eigenvalue weighted by Crippen LogP contribution is -2.24. The SMILES string of the molecule is CC(Oc1cccc(N)c1)C(=O)c1ccc(C(C)(C)C)cc1. The first-order valence-corrected chi connectivity index (χ1v) is 7.44. The average molecular weight is 297 g/mol. The van der Waals surface area contributed by atoms with Crippen molar-refractivity contribution in [3.05, 3.63) is 59.7 Å². The summed E-state index contributed by atoms with van der Waals surface area (Å²) in [5.41, 5.74) is 8.27. The fraction of sp³-hybridized carbons (Fsp3) is 0.316. The molecule has 1 unspecified atom stereocenters. The van der Waals surface area contributed by atoms with Gasteiger partial charge in [0.05, 0.1) is 0 Å². The number of benzene rings is 2. The van der Waals surface area contributed by atoms with E-state index in [1.807, 2.05) is 24.3 Å². The number of rotatable bonds is 4. The van der Waals surface area contributed by atoms with Gasteiger partial charge in [0.15, 0.2) is 6.10 Å². The van der Waals surface area contributed by atoms with Crippen LogP contribution in [0.3, 0.4) is 0 Å². The van der Waals surface area contributed by atoms with E-state index in [1.165, 1.54) is 5.56 Å². The quantitative estimate of drug-likeness (QED) is 0.679. The standard InChI is InChI=1S/C19H23NO2/c1-13(22-17-7-5-6-16(20)12-17)18(21)14-8-10-15(11-9-14)19(2,3)4/h5-13H,20H2,1-4H3. The third kappa shape index (κ3) is 3.88. The van der Waals surface area contributed by atoms with Gasteiger partial charge in [-0.3, -0.25) is 4.79 Å². The first kappa shape index (κ1) is 16.1. The first-order valence-electron chi connectivity index (χ1n) is 7.44. The van der Waals surface area contributed by atoms with Crippen LogP contribution in [-0.4, -0.2) is 11.9 Å². The van der Waals surface area contributed by atoms with Crippen LogP contribution in [0.5, 0.6) is 5.75 Å². The Morgan fingerprint density at radius 1 is 1.09 bits per heavy atom. The van der Waals surface area contributed by atoms with E-state index in [0.717, 1.165) is 0 Å². The van der Waals surface area contributed by atoms with Crippen LogP contribution in [0.1, 0.15) is 43.6 Å². The van der Waals surface area contributed by atoms with Crippen molar-refractivity contribution >= 4 is 11.5 Å². The molecule has 2 rings (SSSR count). The van der Waals surface area contributed by atoms with Crippen molar-refractivity contribution < 1.29 is 9.53 Å². The Labute approximate surface area is 132 Å². The molecule has 0 aliphatic carbocycles. The number of anilines is 1. The van der Waals surface area contributed by atoms with E-state index in [-0.39, 0.29) is 11.2 Å². The fourth-order valence-corrected chi connectivity index (χ4v) is 2.21. The number of carbonyl (C=O) groups excluding carboxylic acids is 1. The molecule has 0 fully saturated rings. The maximum atomic E-state index is 12.4. The Hall–Kier alpha value is -2.29. The number of hydrogen-bond acceptors (Lipinski definition) is 3. The highest BCUT2D eigenvalue weighted by molar-refractivity contribution is 5.99. The molecule has 2 aromatic carbocycles. The van der Waals surface area contributed by atoms with Crippen molar-refractivity contribution in [3.63, 3.8) is 0 Å². The molecule has 0 aliphatic rings. The van der Waals surface area contributed by atoms with Crippen LogP contribution in [0, 0.1) is 0 Å². The zero-order chi connectivity index (χ0) is 16.3. The van der Waals surface area contributed by atoms with Gasteiger partial charge in [-0.2, -0.15) is 0 Å². The molecule has 22 heavy (non-hydrogen) atoms. The van der Waals surface area contributed by atoms with Crippen molar-refractivity contribution in [2.75, 3.05) is 5.73 Å². The minimum absolute atomic E-state index is 0.0390. The second-order valence-electron chi connectivity index (χ2n) is 6.52. The predicted octanol–water partition coefficient (Wildman–Crippen LogP) is 4.22. The normalized spacial score (nSPS) is 12.7. The number of carbonyl (C=O) groups is 1. The zero-order valence-corrected chi connectivity index (χ0v) is 13.6. The Bertz CT molecular complexity index is 654. The number of ketones is 1. The second kappa shape index (κ2) is 6.22. The van der Waals surface area contributed by atoms with Gasteiger partial charge in [0.25, 0.3) is 0 Å². The molecule has 0 spiro atoms. The molecule has 0 bridgehead atoms. The molecule has 1 atom stereocenters. The lowest BCUT2D eigenvalue weighted by Gasteiger charge is -2.19. The Morgan fingerprint density at radius 2 is 1.73 bits per heavy atom. The van der Waals surface area contributed by atoms with Crippen LogP contribution in [-0.2, 0) is 5.41 Å². The predicted molar refractivity (Wildman–Crippen MR) is 90.4 cm³/mol. The number of nitrogens with two attached hydrogens (primary N) is 1. The van der Waals surface area contributed by atoms with Crippen LogP contribution in [0.4, 0.5) is 5.69 Å². The number of hydrogen-bond donors (Lipinski definition) is 1. The van der Waals surface area contributed by atoms with Gasteiger partial charge >= 0.3 is 0 Å². The van der Waals surface area contributed by atoms with Crippen LogP contribution < -0.4 is 10.5 Å². The van der Waals surface area contributed by atoms with Gasteiger partial charge in [0, 0.05) is 17.3 Å². The van der Waals surface area contributed by atoms with E-state index < -0.39 is 6.10 Å².